The minimum atomic E-state index is -0.0185. The molecular weight excluding hydrogens is 607 g/mol. The van der Waals surface area contributed by atoms with Crippen molar-refractivity contribution in [3.63, 3.8) is 0 Å². The maximum absolute atomic E-state index is 9.88. The van der Waals surface area contributed by atoms with Crippen LogP contribution in [0.3, 0.4) is 0 Å². The molecule has 0 aromatic rings. The largest absolute Gasteiger partial charge is 0.396 e. The molecule has 3 atom stereocenters. The summed E-state index contributed by atoms with van der Waals surface area (Å²) in [6.45, 7) is 10.5. The molecule has 9 heteroatoms. The van der Waals surface area contributed by atoms with Crippen LogP contribution >= 0.6 is 22.6 Å². The SMILES string of the molecule is C#CCN.C#CCN(C)C(C)CCI.C#CCN(C)C(C)CCO.C#CCNC(C)CCO.CC(=O)CCO. The van der Waals surface area contributed by atoms with Gasteiger partial charge in [0, 0.05) is 48.8 Å². The highest BCUT2D eigenvalue weighted by atomic mass is 127. The van der Waals surface area contributed by atoms with Crippen molar-refractivity contribution in [1.82, 2.24) is 15.1 Å². The Labute approximate surface area is 254 Å². The van der Waals surface area contributed by atoms with Gasteiger partial charge in [-0.25, -0.2) is 0 Å². The predicted molar refractivity (Wildman–Crippen MR) is 175 cm³/mol. The molecular formula is C30H55IN4O4. The number of hydrogen-bond donors (Lipinski definition) is 5. The van der Waals surface area contributed by atoms with E-state index in [1.165, 1.54) is 17.8 Å². The number of nitrogens with two attached hydrogens (primary N) is 1. The highest BCUT2D eigenvalue weighted by Gasteiger charge is 2.06. The number of nitrogens with one attached hydrogen (secondary N) is 1. The van der Waals surface area contributed by atoms with Gasteiger partial charge in [0.25, 0.3) is 0 Å². The Morgan fingerprint density at radius 3 is 1.54 bits per heavy atom. The Hall–Kier alpha value is -1.64. The molecule has 0 aromatic heterocycles. The van der Waals surface area contributed by atoms with E-state index in [0.717, 1.165) is 19.4 Å². The van der Waals surface area contributed by atoms with Gasteiger partial charge in [-0.05, 0) is 61.1 Å². The van der Waals surface area contributed by atoms with Gasteiger partial charge in [-0.2, -0.15) is 0 Å². The zero-order valence-corrected chi connectivity index (χ0v) is 27.3. The van der Waals surface area contributed by atoms with Crippen molar-refractivity contribution in [2.24, 2.45) is 5.73 Å². The number of aliphatic hydroxyl groups excluding tert-OH is 3. The zero-order valence-electron chi connectivity index (χ0n) is 25.1. The van der Waals surface area contributed by atoms with Gasteiger partial charge in [0.1, 0.15) is 5.78 Å². The molecule has 0 saturated heterocycles. The highest BCUT2D eigenvalue weighted by molar-refractivity contribution is 14.1. The van der Waals surface area contributed by atoms with Crippen LogP contribution in [0.25, 0.3) is 0 Å². The molecule has 6 N–H and O–H groups in total. The molecule has 0 fully saturated rings. The number of ketones is 1. The van der Waals surface area contributed by atoms with E-state index in [1.807, 2.05) is 25.8 Å². The quantitative estimate of drug-likeness (QED) is 0.108. The lowest BCUT2D eigenvalue weighted by Gasteiger charge is -2.21. The normalized spacial score (nSPS) is 11.4. The van der Waals surface area contributed by atoms with Gasteiger partial charge >= 0.3 is 0 Å². The van der Waals surface area contributed by atoms with Crippen molar-refractivity contribution in [2.75, 3.05) is 64.5 Å². The molecule has 3 unspecified atom stereocenters. The first kappa shape index (κ1) is 47.2. The molecule has 0 aliphatic heterocycles. The number of carbonyl (C=O) groups excluding carboxylic acids is 1. The lowest BCUT2D eigenvalue weighted by molar-refractivity contribution is -0.117. The van der Waals surface area contributed by atoms with E-state index in [9.17, 15) is 4.79 Å². The molecule has 0 spiro atoms. The summed E-state index contributed by atoms with van der Waals surface area (Å²) in [6.07, 6.45) is 23.0. The summed E-state index contributed by atoms with van der Waals surface area (Å²) in [7, 11) is 4.02. The molecule has 0 bridgehead atoms. The molecule has 0 rings (SSSR count). The first-order valence-electron chi connectivity index (χ1n) is 12.9. The maximum Gasteiger partial charge on any atom is 0.132 e. The van der Waals surface area contributed by atoms with E-state index in [1.54, 1.807) is 0 Å². The summed E-state index contributed by atoms with van der Waals surface area (Å²) < 4.78 is 1.20. The number of halogens is 1. The number of nitrogens with zero attached hydrogens (tertiary/aromatic N) is 2. The van der Waals surface area contributed by atoms with E-state index >= 15 is 0 Å². The van der Waals surface area contributed by atoms with Crippen molar-refractivity contribution in [3.8, 4) is 49.4 Å². The van der Waals surface area contributed by atoms with E-state index in [2.05, 4.69) is 76.9 Å². The van der Waals surface area contributed by atoms with Crippen LogP contribution in [-0.4, -0.2) is 114 Å². The van der Waals surface area contributed by atoms with Crippen molar-refractivity contribution < 1.29 is 20.1 Å². The molecule has 8 nitrogen and oxygen atoms in total. The monoisotopic (exact) mass is 662 g/mol. The number of hydrogen-bond acceptors (Lipinski definition) is 8. The summed E-state index contributed by atoms with van der Waals surface area (Å²) in [4.78, 5) is 14.1. The number of Topliss-reactive ketones (excluding diaryl/α,β-unsaturated/α-hetero) is 1. The minimum absolute atomic E-state index is 0.0185. The maximum atomic E-state index is 9.88. The smallest absolute Gasteiger partial charge is 0.132 e. The van der Waals surface area contributed by atoms with Gasteiger partial charge in [0.2, 0.25) is 0 Å². The fourth-order valence-corrected chi connectivity index (χ4v) is 2.97. The molecule has 0 amide bonds. The Morgan fingerprint density at radius 2 is 1.28 bits per heavy atom. The summed E-state index contributed by atoms with van der Waals surface area (Å²) in [5.41, 5.74) is 4.79. The lowest BCUT2D eigenvalue weighted by atomic mass is 10.2. The third-order valence-electron chi connectivity index (χ3n) is 4.96. The number of terminal acetylenes is 4. The van der Waals surface area contributed by atoms with Crippen LogP contribution in [0.4, 0.5) is 0 Å². The molecule has 0 aromatic carbocycles. The summed E-state index contributed by atoms with van der Waals surface area (Å²) in [6, 6.07) is 1.32. The number of alkyl halides is 1. The van der Waals surface area contributed by atoms with Crippen LogP contribution in [0.15, 0.2) is 0 Å². The average Bonchev–Trinajstić information content (AvgIpc) is 2.89. The third kappa shape index (κ3) is 49.8. The predicted octanol–water partition coefficient (Wildman–Crippen LogP) is 1.60. The first-order valence-corrected chi connectivity index (χ1v) is 14.4. The Kier molecular flexibility index (Phi) is 49.4. The first-order chi connectivity index (χ1) is 18.4. The Bertz CT molecular complexity index is 650. The van der Waals surface area contributed by atoms with Crippen LogP contribution in [0.2, 0.25) is 0 Å². The van der Waals surface area contributed by atoms with Gasteiger partial charge in [0.15, 0.2) is 0 Å². The fraction of sp³-hybridized carbons (Fsp3) is 0.700. The second kappa shape index (κ2) is 40.9. The lowest BCUT2D eigenvalue weighted by Crippen LogP contribution is -2.29. The van der Waals surface area contributed by atoms with E-state index in [0.29, 0.717) is 44.2 Å². The van der Waals surface area contributed by atoms with E-state index in [-0.39, 0.29) is 25.6 Å². The van der Waals surface area contributed by atoms with Gasteiger partial charge in [0.05, 0.1) is 26.2 Å². The third-order valence-corrected chi connectivity index (χ3v) is 5.58. The van der Waals surface area contributed by atoms with Crippen LogP contribution in [-0.2, 0) is 4.79 Å². The van der Waals surface area contributed by atoms with Gasteiger partial charge in [-0.15, -0.1) is 25.7 Å². The van der Waals surface area contributed by atoms with Crippen molar-refractivity contribution >= 4 is 28.4 Å². The number of rotatable bonds is 14. The molecule has 0 saturated carbocycles. The second-order valence-corrected chi connectivity index (χ2v) is 9.59. The molecule has 0 radical (unpaired) electrons. The van der Waals surface area contributed by atoms with Crippen molar-refractivity contribution in [1.29, 1.82) is 0 Å². The minimum Gasteiger partial charge on any atom is -0.396 e. The molecule has 0 aliphatic rings. The van der Waals surface area contributed by atoms with Crippen LogP contribution in [0, 0.1) is 49.4 Å². The number of aliphatic hydroxyl groups is 3. The Morgan fingerprint density at radius 1 is 0.846 bits per heavy atom. The molecule has 0 heterocycles. The van der Waals surface area contributed by atoms with Gasteiger partial charge in [-0.3, -0.25) is 14.6 Å². The van der Waals surface area contributed by atoms with Crippen LogP contribution < -0.4 is 11.1 Å². The molecule has 226 valence electrons. The van der Waals surface area contributed by atoms with Gasteiger partial charge < -0.3 is 26.4 Å². The Balaban J connectivity index is -0.000000127. The zero-order chi connectivity index (χ0) is 31.5. The summed E-state index contributed by atoms with van der Waals surface area (Å²) in [5.74, 6) is 9.89. The number of carbonyl (C=O) groups is 1. The summed E-state index contributed by atoms with van der Waals surface area (Å²) >= 11 is 2.39. The van der Waals surface area contributed by atoms with Crippen molar-refractivity contribution in [3.05, 3.63) is 0 Å². The highest BCUT2D eigenvalue weighted by Crippen LogP contribution is 2.02. The topological polar surface area (TPSA) is 122 Å². The van der Waals surface area contributed by atoms with E-state index < -0.39 is 0 Å². The molecule has 39 heavy (non-hydrogen) atoms. The second-order valence-electron chi connectivity index (χ2n) is 8.51. The van der Waals surface area contributed by atoms with Crippen LogP contribution in [0.5, 0.6) is 0 Å². The standard InChI is InChI=1S/C8H14IN.C8H15NO.C7H13NO.C4H8O2.C3H5N/c1-4-7-10(3)8(2)5-6-9;1-4-6-9(3)8(2)5-7-10;1-3-5-8-7(2)4-6-9;1-4(6)2-3-5;1-2-3-4/h1,8H,5-7H2,2-3H3;1,8,10H,5-7H2,2-3H3;1,7-9H,4-6H2,2H3;5H,2-3H2,1H3;1H,3-4H2. The summed E-state index contributed by atoms with van der Waals surface area (Å²) in [5, 5.41) is 28.1. The van der Waals surface area contributed by atoms with Crippen molar-refractivity contribution in [2.45, 2.75) is 71.5 Å². The van der Waals surface area contributed by atoms with Gasteiger partial charge in [-0.1, -0.05) is 46.3 Å². The fourth-order valence-electron chi connectivity index (χ4n) is 2.07. The average molecular weight is 663 g/mol. The molecule has 0 aliphatic carbocycles. The van der Waals surface area contributed by atoms with E-state index in [4.69, 9.17) is 40.3 Å². The van der Waals surface area contributed by atoms with Crippen LogP contribution in [0.1, 0.15) is 53.4 Å².